The van der Waals surface area contributed by atoms with Crippen LogP contribution in [0, 0.1) is 0 Å². The van der Waals surface area contributed by atoms with Gasteiger partial charge in [0.1, 0.15) is 0 Å². The molecule has 0 N–H and O–H groups in total. The van der Waals surface area contributed by atoms with Gasteiger partial charge in [0.15, 0.2) is 0 Å². The summed E-state index contributed by atoms with van der Waals surface area (Å²) in [6.45, 7) is 4.13. The second-order valence-corrected chi connectivity index (χ2v) is 12.9. The number of hydrogen-bond donors (Lipinski definition) is 0. The van der Waals surface area contributed by atoms with Crippen LogP contribution in [0.1, 0.15) is 103 Å². The van der Waals surface area contributed by atoms with E-state index in [0.29, 0.717) is 43.9 Å². The van der Waals surface area contributed by atoms with E-state index in [1.807, 2.05) is 13.8 Å². The molecule has 0 bridgehead atoms. The maximum atomic E-state index is 15.0. The highest BCUT2D eigenvalue weighted by molar-refractivity contribution is 5.59. The predicted octanol–water partition coefficient (Wildman–Crippen LogP) is 13.5. The van der Waals surface area contributed by atoms with Crippen LogP contribution >= 0.6 is 0 Å². The van der Waals surface area contributed by atoms with Crippen LogP contribution < -0.4 is 0 Å². The SMILES string of the molecule is CCCCN(CCCC)C(CCC(c1ccccc1C(F)(F)F)(c1ccccc1C(F)(F)F)c1ccccc1C(F)(F)F)c1ccccc1C(F)(F)F. The highest BCUT2D eigenvalue weighted by Crippen LogP contribution is 2.54. The lowest BCUT2D eigenvalue weighted by molar-refractivity contribution is -0.141. The van der Waals surface area contributed by atoms with Crippen molar-refractivity contribution in [1.82, 2.24) is 4.90 Å². The Labute approximate surface area is 300 Å². The summed E-state index contributed by atoms with van der Waals surface area (Å²) in [6, 6.07) is 13.8. The van der Waals surface area contributed by atoms with Gasteiger partial charge in [-0.15, -0.1) is 0 Å². The Kier molecular flexibility index (Phi) is 13.1. The Hall–Kier alpha value is -4.00. The van der Waals surface area contributed by atoms with Crippen LogP contribution in [0.3, 0.4) is 0 Å². The Morgan fingerprint density at radius 2 is 0.736 bits per heavy atom. The average molecular weight is 762 g/mol. The van der Waals surface area contributed by atoms with Gasteiger partial charge < -0.3 is 0 Å². The minimum Gasteiger partial charge on any atom is -0.296 e. The maximum Gasteiger partial charge on any atom is 0.416 e. The van der Waals surface area contributed by atoms with E-state index in [0.717, 1.165) is 66.7 Å². The van der Waals surface area contributed by atoms with Gasteiger partial charge in [-0.25, -0.2) is 0 Å². The van der Waals surface area contributed by atoms with Crippen molar-refractivity contribution in [2.75, 3.05) is 13.1 Å². The second kappa shape index (κ2) is 16.6. The monoisotopic (exact) mass is 761 g/mol. The molecule has 13 heteroatoms. The largest absolute Gasteiger partial charge is 0.416 e. The molecule has 0 aliphatic rings. The predicted molar refractivity (Wildman–Crippen MR) is 179 cm³/mol. The van der Waals surface area contributed by atoms with Crippen LogP contribution in [0.25, 0.3) is 0 Å². The molecule has 4 rings (SSSR count). The van der Waals surface area contributed by atoms with E-state index in [1.54, 1.807) is 4.90 Å². The van der Waals surface area contributed by atoms with E-state index in [1.165, 1.54) is 12.1 Å². The summed E-state index contributed by atoms with van der Waals surface area (Å²) in [6.07, 6.45) is -19.9. The molecule has 0 aromatic heterocycles. The van der Waals surface area contributed by atoms with Crippen molar-refractivity contribution in [3.05, 3.63) is 142 Å². The zero-order valence-corrected chi connectivity index (χ0v) is 29.0. The third-order valence-corrected chi connectivity index (χ3v) is 9.53. The first-order chi connectivity index (χ1) is 24.8. The third-order valence-electron chi connectivity index (χ3n) is 9.53. The van der Waals surface area contributed by atoms with Crippen molar-refractivity contribution in [3.8, 4) is 0 Å². The van der Waals surface area contributed by atoms with E-state index >= 15 is 0 Å². The van der Waals surface area contributed by atoms with Crippen LogP contribution in [-0.2, 0) is 30.1 Å². The third kappa shape index (κ3) is 9.39. The Bertz CT molecular complexity index is 1640. The van der Waals surface area contributed by atoms with Crippen LogP contribution in [-0.4, -0.2) is 18.0 Å². The first-order valence-corrected chi connectivity index (χ1v) is 17.2. The molecule has 1 atom stereocenters. The van der Waals surface area contributed by atoms with E-state index in [9.17, 15) is 52.7 Å². The molecule has 0 aliphatic heterocycles. The second-order valence-electron chi connectivity index (χ2n) is 12.9. The molecule has 0 radical (unpaired) electrons. The standard InChI is InChI=1S/C40H39F12N/c1-3-5-25-53(26-6-4-2)35(27-15-7-8-16-28(27)37(41,42)43)23-24-36(29-17-9-12-20-32(29)38(44,45)46,30-18-10-13-21-33(30)39(47,48)49)31-19-11-14-22-34(31)40(50,51)52/h7-22,35H,3-6,23-26H2,1-2H3. The molecule has 0 aliphatic carbocycles. The molecular formula is C40H39F12N. The first-order valence-electron chi connectivity index (χ1n) is 17.2. The van der Waals surface area contributed by atoms with Crippen molar-refractivity contribution in [2.45, 2.75) is 88.5 Å². The van der Waals surface area contributed by atoms with Gasteiger partial charge in [-0.2, -0.15) is 52.7 Å². The van der Waals surface area contributed by atoms with Gasteiger partial charge in [-0.3, -0.25) is 4.90 Å². The molecule has 0 spiro atoms. The topological polar surface area (TPSA) is 3.24 Å². The molecule has 0 saturated heterocycles. The fourth-order valence-electron chi connectivity index (χ4n) is 7.23. The number of hydrogen-bond acceptors (Lipinski definition) is 1. The van der Waals surface area contributed by atoms with Gasteiger partial charge in [-0.05, 0) is 85.3 Å². The first kappa shape index (κ1) is 41.8. The molecule has 1 unspecified atom stereocenters. The van der Waals surface area contributed by atoms with E-state index in [-0.39, 0.29) is 18.7 Å². The van der Waals surface area contributed by atoms with E-state index < -0.39 is 87.9 Å². The van der Waals surface area contributed by atoms with Crippen molar-refractivity contribution in [3.63, 3.8) is 0 Å². The average Bonchev–Trinajstić information content (AvgIpc) is 3.09. The molecule has 288 valence electrons. The van der Waals surface area contributed by atoms with E-state index in [2.05, 4.69) is 0 Å². The fraction of sp³-hybridized carbons (Fsp3) is 0.400. The lowest BCUT2D eigenvalue weighted by atomic mass is 9.62. The van der Waals surface area contributed by atoms with Crippen molar-refractivity contribution < 1.29 is 52.7 Å². The number of benzene rings is 4. The summed E-state index contributed by atoms with van der Waals surface area (Å²) in [4.78, 5) is 1.71. The number of unbranched alkanes of at least 4 members (excludes halogenated alkanes) is 2. The highest BCUT2D eigenvalue weighted by atomic mass is 19.4. The number of nitrogens with zero attached hydrogens (tertiary/aromatic N) is 1. The Balaban J connectivity index is 2.21. The zero-order valence-electron chi connectivity index (χ0n) is 29.0. The minimum absolute atomic E-state index is 0.220. The van der Waals surface area contributed by atoms with Gasteiger partial charge in [0.2, 0.25) is 0 Å². The van der Waals surface area contributed by atoms with Crippen LogP contribution in [0.15, 0.2) is 97.1 Å². The summed E-state index contributed by atoms with van der Waals surface area (Å²) < 4.78 is 178. The summed E-state index contributed by atoms with van der Waals surface area (Å²) in [5.74, 6) is 0. The van der Waals surface area contributed by atoms with Crippen molar-refractivity contribution in [1.29, 1.82) is 0 Å². The normalized spacial score (nSPS) is 13.8. The smallest absolute Gasteiger partial charge is 0.296 e. The zero-order chi connectivity index (χ0) is 39.2. The van der Waals surface area contributed by atoms with Gasteiger partial charge >= 0.3 is 24.7 Å². The van der Waals surface area contributed by atoms with Crippen LogP contribution in [0.4, 0.5) is 52.7 Å². The van der Waals surface area contributed by atoms with E-state index in [4.69, 9.17) is 0 Å². The molecule has 0 heterocycles. The van der Waals surface area contributed by atoms with Crippen molar-refractivity contribution >= 4 is 0 Å². The van der Waals surface area contributed by atoms with Gasteiger partial charge in [0.05, 0.1) is 22.3 Å². The molecule has 4 aromatic carbocycles. The quantitative estimate of drug-likeness (QED) is 0.0914. The van der Waals surface area contributed by atoms with Crippen LogP contribution in [0.5, 0.6) is 0 Å². The number of rotatable bonds is 14. The number of halogens is 12. The summed E-state index contributed by atoms with van der Waals surface area (Å²) in [7, 11) is 0. The Morgan fingerprint density at radius 3 is 1.06 bits per heavy atom. The molecule has 1 nitrogen and oxygen atoms in total. The maximum absolute atomic E-state index is 15.0. The van der Waals surface area contributed by atoms with Crippen LogP contribution in [0.2, 0.25) is 0 Å². The summed E-state index contributed by atoms with van der Waals surface area (Å²) >= 11 is 0. The highest BCUT2D eigenvalue weighted by Gasteiger charge is 2.51. The summed E-state index contributed by atoms with van der Waals surface area (Å²) in [5, 5.41) is 0. The minimum atomic E-state index is -5.25. The lowest BCUT2D eigenvalue weighted by Gasteiger charge is -2.42. The lowest BCUT2D eigenvalue weighted by Crippen LogP contribution is -2.39. The molecule has 0 fully saturated rings. The van der Waals surface area contributed by atoms with Gasteiger partial charge in [-0.1, -0.05) is 99.5 Å². The Morgan fingerprint density at radius 1 is 0.434 bits per heavy atom. The van der Waals surface area contributed by atoms with Gasteiger partial charge in [0, 0.05) is 11.5 Å². The molecule has 0 saturated carbocycles. The molecular weight excluding hydrogens is 722 g/mol. The van der Waals surface area contributed by atoms with Crippen molar-refractivity contribution in [2.24, 2.45) is 0 Å². The van der Waals surface area contributed by atoms with Gasteiger partial charge in [0.25, 0.3) is 0 Å². The number of alkyl halides is 12. The molecule has 0 amide bonds. The molecule has 4 aromatic rings. The molecule has 53 heavy (non-hydrogen) atoms. The summed E-state index contributed by atoms with van der Waals surface area (Å²) in [5.41, 5.74) is -11.3. The fourth-order valence-corrected chi connectivity index (χ4v) is 7.23.